The number of likely N-dealkylation sites (tertiary alicyclic amines) is 1. The molecule has 0 bridgehead atoms. The molecule has 0 unspecified atom stereocenters. The third-order valence-corrected chi connectivity index (χ3v) is 5.36. The third-order valence-electron chi connectivity index (χ3n) is 5.36. The van der Waals surface area contributed by atoms with Crippen molar-refractivity contribution in [2.75, 3.05) is 18.4 Å². The molecule has 144 valence electrons. The minimum absolute atomic E-state index is 0.0845. The van der Waals surface area contributed by atoms with Gasteiger partial charge in [0.2, 0.25) is 5.95 Å². The number of hydrogen-bond donors (Lipinski definition) is 1. The molecule has 0 saturated carbocycles. The Kier molecular flexibility index (Phi) is 4.58. The number of hydrogen-bond acceptors (Lipinski definition) is 4. The van der Waals surface area contributed by atoms with Crippen molar-refractivity contribution in [1.29, 1.82) is 0 Å². The van der Waals surface area contributed by atoms with E-state index in [4.69, 9.17) is 4.98 Å². The minimum Gasteiger partial charge on any atom is -0.325 e. The van der Waals surface area contributed by atoms with Gasteiger partial charge in [-0.05, 0) is 61.5 Å². The van der Waals surface area contributed by atoms with E-state index in [1.807, 2.05) is 66.7 Å². The summed E-state index contributed by atoms with van der Waals surface area (Å²) < 4.78 is 1.64. The van der Waals surface area contributed by atoms with Crippen molar-refractivity contribution in [3.63, 3.8) is 0 Å². The fraction of sp³-hybridized carbons (Fsp3) is 0.167. The van der Waals surface area contributed by atoms with Gasteiger partial charge in [0.15, 0.2) is 0 Å². The Morgan fingerprint density at radius 2 is 1.59 bits per heavy atom. The van der Waals surface area contributed by atoms with E-state index in [9.17, 15) is 4.79 Å². The zero-order valence-electron chi connectivity index (χ0n) is 16.1. The first-order chi connectivity index (χ1) is 14.3. The molecule has 29 heavy (non-hydrogen) atoms. The molecule has 1 fully saturated rings. The SMILES string of the molecule is O=c1c2ccccc2nc(Nc2ccc(CN3CCC3)cc2)n1-c1ccccc1. The molecule has 0 atom stereocenters. The maximum absolute atomic E-state index is 13.2. The van der Waals surface area contributed by atoms with Crippen molar-refractivity contribution in [2.24, 2.45) is 0 Å². The number of nitrogens with one attached hydrogen (secondary N) is 1. The van der Waals surface area contributed by atoms with Crippen LogP contribution < -0.4 is 10.9 Å². The van der Waals surface area contributed by atoms with Gasteiger partial charge in [0, 0.05) is 12.2 Å². The van der Waals surface area contributed by atoms with Crippen LogP contribution in [0.5, 0.6) is 0 Å². The highest BCUT2D eigenvalue weighted by molar-refractivity contribution is 5.79. The van der Waals surface area contributed by atoms with Gasteiger partial charge in [-0.1, -0.05) is 42.5 Å². The molecule has 1 N–H and O–H groups in total. The Bertz CT molecular complexity index is 1200. The van der Waals surface area contributed by atoms with Crippen molar-refractivity contribution in [1.82, 2.24) is 14.5 Å². The fourth-order valence-corrected chi connectivity index (χ4v) is 3.65. The smallest absolute Gasteiger partial charge is 0.267 e. The zero-order chi connectivity index (χ0) is 19.6. The van der Waals surface area contributed by atoms with E-state index in [0.29, 0.717) is 16.9 Å². The number of fused-ring (bicyclic) bond motifs is 1. The lowest BCUT2D eigenvalue weighted by Gasteiger charge is -2.30. The minimum atomic E-state index is -0.0845. The molecule has 5 rings (SSSR count). The van der Waals surface area contributed by atoms with E-state index in [-0.39, 0.29) is 5.56 Å². The Balaban J connectivity index is 1.54. The number of anilines is 2. The highest BCUT2D eigenvalue weighted by Crippen LogP contribution is 2.21. The van der Waals surface area contributed by atoms with Crippen LogP contribution in [-0.4, -0.2) is 27.5 Å². The molecule has 1 aliphatic heterocycles. The van der Waals surface area contributed by atoms with E-state index in [2.05, 4.69) is 22.3 Å². The first-order valence-electron chi connectivity index (χ1n) is 9.93. The number of aromatic nitrogens is 2. The molecule has 0 amide bonds. The first kappa shape index (κ1) is 17.6. The lowest BCUT2D eigenvalue weighted by atomic mass is 10.1. The van der Waals surface area contributed by atoms with E-state index in [1.54, 1.807) is 4.57 Å². The quantitative estimate of drug-likeness (QED) is 0.558. The summed E-state index contributed by atoms with van der Waals surface area (Å²) in [5, 5.41) is 3.95. The van der Waals surface area contributed by atoms with E-state index in [0.717, 1.165) is 17.9 Å². The molecule has 3 aromatic carbocycles. The van der Waals surface area contributed by atoms with Crippen LogP contribution in [0.4, 0.5) is 11.6 Å². The topological polar surface area (TPSA) is 50.2 Å². The Morgan fingerprint density at radius 1 is 0.862 bits per heavy atom. The van der Waals surface area contributed by atoms with Crippen LogP contribution in [0.2, 0.25) is 0 Å². The molecule has 1 aliphatic rings. The molecule has 0 radical (unpaired) electrons. The lowest BCUT2D eigenvalue weighted by molar-refractivity contribution is 0.172. The van der Waals surface area contributed by atoms with Crippen molar-refractivity contribution >= 4 is 22.5 Å². The summed E-state index contributed by atoms with van der Waals surface area (Å²) in [5.74, 6) is 0.510. The van der Waals surface area contributed by atoms with Crippen LogP contribution in [-0.2, 0) is 6.54 Å². The molecule has 5 heteroatoms. The van der Waals surface area contributed by atoms with Gasteiger partial charge in [-0.2, -0.15) is 0 Å². The maximum atomic E-state index is 13.2. The number of rotatable bonds is 5. The average Bonchev–Trinajstić information content (AvgIpc) is 2.73. The fourth-order valence-electron chi connectivity index (χ4n) is 3.65. The monoisotopic (exact) mass is 382 g/mol. The molecule has 5 nitrogen and oxygen atoms in total. The lowest BCUT2D eigenvalue weighted by Crippen LogP contribution is -2.36. The van der Waals surface area contributed by atoms with Crippen LogP contribution in [0.1, 0.15) is 12.0 Å². The molecule has 1 aromatic heterocycles. The van der Waals surface area contributed by atoms with Gasteiger partial charge in [0.25, 0.3) is 5.56 Å². The third kappa shape index (κ3) is 3.52. The summed E-state index contributed by atoms with van der Waals surface area (Å²) in [6.45, 7) is 3.36. The van der Waals surface area contributed by atoms with Crippen molar-refractivity contribution < 1.29 is 0 Å². The maximum Gasteiger partial charge on any atom is 0.267 e. The number of nitrogens with zero attached hydrogens (tertiary/aromatic N) is 3. The van der Waals surface area contributed by atoms with E-state index < -0.39 is 0 Å². The van der Waals surface area contributed by atoms with Gasteiger partial charge in [-0.15, -0.1) is 0 Å². The molecular weight excluding hydrogens is 360 g/mol. The van der Waals surface area contributed by atoms with Crippen LogP contribution in [0.3, 0.4) is 0 Å². The van der Waals surface area contributed by atoms with Crippen LogP contribution in [0, 0.1) is 0 Å². The molecular formula is C24H22N4O. The van der Waals surface area contributed by atoms with Gasteiger partial charge in [0.05, 0.1) is 16.6 Å². The molecule has 0 aliphatic carbocycles. The first-order valence-corrected chi connectivity index (χ1v) is 9.93. The van der Waals surface area contributed by atoms with E-state index in [1.165, 1.54) is 25.1 Å². The second-order valence-electron chi connectivity index (χ2n) is 7.38. The average molecular weight is 382 g/mol. The van der Waals surface area contributed by atoms with Crippen LogP contribution >= 0.6 is 0 Å². The van der Waals surface area contributed by atoms with Gasteiger partial charge in [-0.3, -0.25) is 9.69 Å². The largest absolute Gasteiger partial charge is 0.325 e. The van der Waals surface area contributed by atoms with Crippen molar-refractivity contribution in [3.05, 3.63) is 94.8 Å². The number of benzene rings is 3. The Morgan fingerprint density at radius 3 is 2.31 bits per heavy atom. The molecule has 0 spiro atoms. The summed E-state index contributed by atoms with van der Waals surface area (Å²) in [6.07, 6.45) is 1.30. The second kappa shape index (κ2) is 7.53. The Hall–Kier alpha value is -3.44. The predicted molar refractivity (Wildman–Crippen MR) is 117 cm³/mol. The summed E-state index contributed by atoms with van der Waals surface area (Å²) in [7, 11) is 0. The number of para-hydroxylation sites is 2. The Labute approximate surface area is 169 Å². The van der Waals surface area contributed by atoms with Crippen molar-refractivity contribution in [2.45, 2.75) is 13.0 Å². The highest BCUT2D eigenvalue weighted by atomic mass is 16.1. The van der Waals surface area contributed by atoms with Gasteiger partial charge in [0.1, 0.15) is 0 Å². The normalized spacial score (nSPS) is 13.9. The van der Waals surface area contributed by atoms with Gasteiger partial charge >= 0.3 is 0 Å². The van der Waals surface area contributed by atoms with Crippen LogP contribution in [0.15, 0.2) is 83.7 Å². The predicted octanol–water partition coefficient (Wildman–Crippen LogP) is 4.34. The highest BCUT2D eigenvalue weighted by Gasteiger charge is 2.15. The molecule has 2 heterocycles. The molecule has 4 aromatic rings. The molecule has 1 saturated heterocycles. The summed E-state index contributed by atoms with van der Waals surface area (Å²) >= 11 is 0. The van der Waals surface area contributed by atoms with E-state index >= 15 is 0 Å². The standard InChI is InChI=1S/C24H22N4O/c29-23-21-9-4-5-10-22(21)26-24(28(23)20-7-2-1-3-8-20)25-19-13-11-18(12-14-19)17-27-15-6-16-27/h1-5,7-14H,6,15-17H2,(H,25,26). The summed E-state index contributed by atoms with van der Waals surface area (Å²) in [5.41, 5.74) is 3.58. The summed E-state index contributed by atoms with van der Waals surface area (Å²) in [4.78, 5) is 20.4. The zero-order valence-corrected chi connectivity index (χ0v) is 16.1. The second-order valence-corrected chi connectivity index (χ2v) is 7.38. The van der Waals surface area contributed by atoms with Gasteiger partial charge in [-0.25, -0.2) is 9.55 Å². The van der Waals surface area contributed by atoms with Crippen LogP contribution in [0.25, 0.3) is 16.6 Å². The van der Waals surface area contributed by atoms with Gasteiger partial charge < -0.3 is 5.32 Å². The van der Waals surface area contributed by atoms with Crippen molar-refractivity contribution in [3.8, 4) is 5.69 Å². The summed E-state index contributed by atoms with van der Waals surface area (Å²) in [6, 6.07) is 25.4.